The molecule has 2 aliphatic rings. The summed E-state index contributed by atoms with van der Waals surface area (Å²) in [5.74, 6) is 2.48. The van der Waals surface area contributed by atoms with Gasteiger partial charge in [-0.1, -0.05) is 6.42 Å². The van der Waals surface area contributed by atoms with Crippen LogP contribution in [0.5, 0.6) is 5.75 Å². The first kappa shape index (κ1) is 14.7. The van der Waals surface area contributed by atoms with E-state index in [-0.39, 0.29) is 0 Å². The fourth-order valence-corrected chi connectivity index (χ4v) is 4.43. The number of fused-ring (bicyclic) bond motifs is 3. The Morgan fingerprint density at radius 2 is 2.17 bits per heavy atom. The number of anilines is 1. The monoisotopic (exact) mass is 327 g/mol. The molecule has 1 aromatic carbocycles. The third-order valence-electron chi connectivity index (χ3n) is 5.26. The molecule has 0 amide bonds. The van der Waals surface area contributed by atoms with Gasteiger partial charge in [-0.25, -0.2) is 0 Å². The summed E-state index contributed by atoms with van der Waals surface area (Å²) in [6, 6.07) is 8.43. The molecule has 1 aromatic heterocycles. The maximum absolute atomic E-state index is 5.54. The number of hydrogen-bond acceptors (Lipinski definition) is 3. The summed E-state index contributed by atoms with van der Waals surface area (Å²) in [7, 11) is 1.66. The van der Waals surface area contributed by atoms with Crippen molar-refractivity contribution >= 4 is 33.9 Å². The second-order valence-corrected chi connectivity index (χ2v) is 7.00. The van der Waals surface area contributed by atoms with Gasteiger partial charge in [-0.2, -0.15) is 0 Å². The molecule has 0 radical (unpaired) electrons. The number of nitrogens with zero attached hydrogens (tertiary/aromatic N) is 1. The molecule has 2 fully saturated rings. The molecular formula is C18H21N3OS. The summed E-state index contributed by atoms with van der Waals surface area (Å²) in [4.78, 5) is 4.43. The van der Waals surface area contributed by atoms with Gasteiger partial charge in [0, 0.05) is 23.3 Å². The van der Waals surface area contributed by atoms with E-state index in [1.54, 1.807) is 13.3 Å². The molecule has 0 saturated heterocycles. The van der Waals surface area contributed by atoms with Gasteiger partial charge in [0.25, 0.3) is 0 Å². The van der Waals surface area contributed by atoms with Crippen LogP contribution in [0.15, 0.2) is 30.5 Å². The number of rotatable bonds is 3. The average molecular weight is 327 g/mol. The summed E-state index contributed by atoms with van der Waals surface area (Å²) in [5, 5.41) is 8.59. The topological polar surface area (TPSA) is 46.2 Å². The molecule has 3 atom stereocenters. The van der Waals surface area contributed by atoms with E-state index in [1.165, 1.54) is 25.7 Å². The van der Waals surface area contributed by atoms with Crippen molar-refractivity contribution in [1.82, 2.24) is 10.3 Å². The first-order chi connectivity index (χ1) is 11.2. The normalized spacial score (nSPS) is 25.5. The van der Waals surface area contributed by atoms with Gasteiger partial charge in [-0.05, 0) is 67.6 Å². The predicted octanol–water partition coefficient (Wildman–Crippen LogP) is 3.72. The third kappa shape index (κ3) is 2.74. The van der Waals surface area contributed by atoms with Crippen LogP contribution in [0, 0.1) is 11.8 Å². The van der Waals surface area contributed by atoms with Crippen LogP contribution >= 0.6 is 12.2 Å². The lowest BCUT2D eigenvalue weighted by atomic mass is 9.95. The van der Waals surface area contributed by atoms with Crippen LogP contribution in [0.1, 0.15) is 25.7 Å². The van der Waals surface area contributed by atoms with Crippen molar-refractivity contribution in [2.45, 2.75) is 31.7 Å². The number of aromatic nitrogens is 1. The summed E-state index contributed by atoms with van der Waals surface area (Å²) >= 11 is 5.54. The Labute approximate surface area is 141 Å². The van der Waals surface area contributed by atoms with E-state index in [0.717, 1.165) is 34.2 Å². The van der Waals surface area contributed by atoms with E-state index in [4.69, 9.17) is 17.0 Å². The minimum atomic E-state index is 0.538. The smallest absolute Gasteiger partial charge is 0.171 e. The fraction of sp³-hybridized carbons (Fsp3) is 0.444. The Morgan fingerprint density at radius 3 is 2.91 bits per heavy atom. The molecule has 5 heteroatoms. The van der Waals surface area contributed by atoms with Crippen molar-refractivity contribution < 1.29 is 4.74 Å². The van der Waals surface area contributed by atoms with Gasteiger partial charge >= 0.3 is 0 Å². The number of pyridine rings is 1. The molecule has 2 N–H and O–H groups in total. The minimum Gasteiger partial charge on any atom is -0.494 e. The molecule has 120 valence electrons. The van der Waals surface area contributed by atoms with Crippen molar-refractivity contribution in [3.8, 4) is 5.75 Å². The third-order valence-corrected chi connectivity index (χ3v) is 5.48. The summed E-state index contributed by atoms with van der Waals surface area (Å²) < 4.78 is 5.39. The van der Waals surface area contributed by atoms with Crippen molar-refractivity contribution in [2.24, 2.45) is 11.8 Å². The lowest BCUT2D eigenvalue weighted by Crippen LogP contribution is -2.40. The zero-order valence-corrected chi connectivity index (χ0v) is 14.0. The molecule has 23 heavy (non-hydrogen) atoms. The summed E-state index contributed by atoms with van der Waals surface area (Å²) in [5.41, 5.74) is 1.82. The van der Waals surface area contributed by atoms with Crippen LogP contribution in [0.3, 0.4) is 0 Å². The molecule has 0 spiro atoms. The standard InChI is InChI=1S/C18H21N3OS/c1-22-16-7-6-14(13-3-2-8-19-17(13)16)20-18(23)21-15-10-11-4-5-12(15)9-11/h2-3,6-8,11-12,15H,4-5,9-10H2,1H3,(H2,20,21,23)/t11-,12+,15+/m0/s1. The van der Waals surface area contributed by atoms with Crippen molar-refractivity contribution in [2.75, 3.05) is 12.4 Å². The van der Waals surface area contributed by atoms with Crippen molar-refractivity contribution in [1.29, 1.82) is 0 Å². The Bertz CT molecular complexity index is 748. The number of hydrogen-bond donors (Lipinski definition) is 2. The van der Waals surface area contributed by atoms with Crippen LogP contribution in [0.2, 0.25) is 0 Å². The largest absolute Gasteiger partial charge is 0.494 e. The molecule has 1 heterocycles. The Kier molecular flexibility index (Phi) is 3.81. The molecule has 2 aliphatic carbocycles. The molecule has 2 bridgehead atoms. The van der Waals surface area contributed by atoms with Crippen LogP contribution in [-0.4, -0.2) is 23.2 Å². The van der Waals surface area contributed by atoms with Gasteiger partial charge < -0.3 is 15.4 Å². The second-order valence-electron chi connectivity index (χ2n) is 6.59. The van der Waals surface area contributed by atoms with Crippen LogP contribution < -0.4 is 15.4 Å². The zero-order chi connectivity index (χ0) is 15.8. The number of nitrogens with one attached hydrogen (secondary N) is 2. The van der Waals surface area contributed by atoms with Gasteiger partial charge in [0.05, 0.1) is 7.11 Å². The Morgan fingerprint density at radius 1 is 1.26 bits per heavy atom. The number of ether oxygens (including phenoxy) is 1. The molecule has 0 aliphatic heterocycles. The van der Waals surface area contributed by atoms with E-state index in [9.17, 15) is 0 Å². The van der Waals surface area contributed by atoms with Gasteiger partial charge in [0.1, 0.15) is 11.3 Å². The predicted molar refractivity (Wildman–Crippen MR) is 96.9 cm³/mol. The first-order valence-electron chi connectivity index (χ1n) is 8.24. The van der Waals surface area contributed by atoms with Gasteiger partial charge in [-0.15, -0.1) is 0 Å². The Balaban J connectivity index is 1.52. The highest BCUT2D eigenvalue weighted by Gasteiger charge is 2.39. The molecule has 0 unspecified atom stereocenters. The van der Waals surface area contributed by atoms with E-state index in [1.807, 2.05) is 24.3 Å². The highest BCUT2D eigenvalue weighted by atomic mass is 32.1. The first-order valence-corrected chi connectivity index (χ1v) is 8.64. The minimum absolute atomic E-state index is 0.538. The van der Waals surface area contributed by atoms with E-state index >= 15 is 0 Å². The number of methoxy groups -OCH3 is 1. The average Bonchev–Trinajstić information content (AvgIpc) is 3.18. The van der Waals surface area contributed by atoms with Crippen LogP contribution in [-0.2, 0) is 0 Å². The quantitative estimate of drug-likeness (QED) is 0.841. The SMILES string of the molecule is COc1ccc(NC(=S)N[C@@H]2C[C@H]3CC[C@@H]2C3)c2cccnc12. The zero-order valence-electron chi connectivity index (χ0n) is 13.2. The second kappa shape index (κ2) is 5.96. The van der Waals surface area contributed by atoms with Gasteiger partial charge in [-0.3, -0.25) is 4.98 Å². The Hall–Kier alpha value is -1.88. The van der Waals surface area contributed by atoms with Crippen molar-refractivity contribution in [3.63, 3.8) is 0 Å². The number of benzene rings is 1. The maximum atomic E-state index is 5.54. The van der Waals surface area contributed by atoms with Crippen LogP contribution in [0.4, 0.5) is 5.69 Å². The van der Waals surface area contributed by atoms with E-state index in [2.05, 4.69) is 15.6 Å². The summed E-state index contributed by atoms with van der Waals surface area (Å²) in [6.07, 6.45) is 7.16. The number of thiocarbonyl (C=S) groups is 1. The highest BCUT2D eigenvalue weighted by Crippen LogP contribution is 2.44. The molecule has 2 saturated carbocycles. The lowest BCUT2D eigenvalue weighted by Gasteiger charge is -2.24. The lowest BCUT2D eigenvalue weighted by molar-refractivity contribution is 0.392. The molecule has 4 nitrogen and oxygen atoms in total. The van der Waals surface area contributed by atoms with Gasteiger partial charge in [0.2, 0.25) is 0 Å². The maximum Gasteiger partial charge on any atom is 0.171 e. The van der Waals surface area contributed by atoms with E-state index in [0.29, 0.717) is 11.2 Å². The van der Waals surface area contributed by atoms with Crippen LogP contribution in [0.25, 0.3) is 10.9 Å². The van der Waals surface area contributed by atoms with E-state index < -0.39 is 0 Å². The van der Waals surface area contributed by atoms with Gasteiger partial charge in [0.15, 0.2) is 5.11 Å². The summed E-state index contributed by atoms with van der Waals surface area (Å²) in [6.45, 7) is 0. The highest BCUT2D eigenvalue weighted by molar-refractivity contribution is 7.80. The molecular weight excluding hydrogens is 306 g/mol. The molecule has 4 rings (SSSR count). The fourth-order valence-electron chi connectivity index (χ4n) is 4.17. The molecule has 2 aromatic rings. The van der Waals surface area contributed by atoms with Crippen molar-refractivity contribution in [3.05, 3.63) is 30.5 Å².